The average Bonchev–Trinajstić information content (AvgIpc) is 3.02. The molecule has 0 radical (unpaired) electrons. The Hall–Kier alpha value is -1.65. The van der Waals surface area contributed by atoms with Gasteiger partial charge in [-0.05, 0) is 43.1 Å². The van der Waals surface area contributed by atoms with Crippen LogP contribution in [0, 0.1) is 29.4 Å². The first-order valence-corrected chi connectivity index (χ1v) is 6.96. The monoisotopic (exact) mass is 281 g/mol. The van der Waals surface area contributed by atoms with Crippen LogP contribution >= 0.6 is 0 Å². The molecule has 3 atom stereocenters. The van der Waals surface area contributed by atoms with Crippen molar-refractivity contribution in [2.24, 2.45) is 17.8 Å². The van der Waals surface area contributed by atoms with Crippen LogP contribution in [0.5, 0.6) is 0 Å². The maximum absolute atomic E-state index is 13.1. The van der Waals surface area contributed by atoms with E-state index in [1.165, 1.54) is 19.3 Å². The summed E-state index contributed by atoms with van der Waals surface area (Å²) in [6.45, 7) is 0.346. The number of halogens is 2. The molecule has 1 aromatic rings. The zero-order valence-electron chi connectivity index (χ0n) is 11.1. The van der Waals surface area contributed by atoms with E-state index in [1.54, 1.807) is 0 Å². The number of rotatable bonds is 3. The van der Waals surface area contributed by atoms with Gasteiger partial charge in [-0.15, -0.1) is 0 Å². The van der Waals surface area contributed by atoms with Crippen LogP contribution in [-0.4, -0.2) is 12.6 Å². The molecule has 2 aliphatic carbocycles. The molecule has 3 nitrogen and oxygen atoms in total. The Morgan fingerprint density at radius 2 is 2.00 bits per heavy atom. The number of benzene rings is 1. The van der Waals surface area contributed by atoms with Crippen LogP contribution in [0.4, 0.5) is 14.5 Å². The predicted octanol–water partition coefficient (Wildman–Crippen LogP) is 3.14. The average molecular weight is 281 g/mol. The zero-order valence-corrected chi connectivity index (χ0v) is 11.1. The zero-order chi connectivity index (χ0) is 14.3. The summed E-state index contributed by atoms with van der Waals surface area (Å²) in [5.41, 5.74) is 5.33. The fourth-order valence-corrected chi connectivity index (χ4v) is 3.58. The van der Waals surface area contributed by atoms with Gasteiger partial charge in [0, 0.05) is 11.8 Å². The Balaban J connectivity index is 1.63. The van der Waals surface area contributed by atoms with E-state index in [9.17, 15) is 13.6 Å². The molecule has 3 rings (SSSR count). The molecule has 3 unspecified atom stereocenters. The summed E-state index contributed by atoms with van der Waals surface area (Å²) >= 11 is 0. The SMILES string of the molecule is Nc1cc(F)c(F)cc1C(=O)OCC1CC2CCC1C2. The lowest BCUT2D eigenvalue weighted by Gasteiger charge is -2.21. The van der Waals surface area contributed by atoms with Crippen LogP contribution in [0.25, 0.3) is 0 Å². The van der Waals surface area contributed by atoms with E-state index >= 15 is 0 Å². The van der Waals surface area contributed by atoms with Crippen LogP contribution in [0.15, 0.2) is 12.1 Å². The number of anilines is 1. The number of nitrogen functional groups attached to an aromatic ring is 1. The Morgan fingerprint density at radius 1 is 1.25 bits per heavy atom. The van der Waals surface area contributed by atoms with Crippen LogP contribution in [0.2, 0.25) is 0 Å². The van der Waals surface area contributed by atoms with Crippen molar-refractivity contribution in [3.63, 3.8) is 0 Å². The molecule has 2 saturated carbocycles. The summed E-state index contributed by atoms with van der Waals surface area (Å²) in [6.07, 6.45) is 4.83. The van der Waals surface area contributed by atoms with Gasteiger partial charge in [0.2, 0.25) is 0 Å². The van der Waals surface area contributed by atoms with E-state index in [-0.39, 0.29) is 11.3 Å². The third-order valence-corrected chi connectivity index (χ3v) is 4.63. The summed E-state index contributed by atoms with van der Waals surface area (Å²) in [4.78, 5) is 11.9. The molecule has 0 amide bonds. The molecule has 108 valence electrons. The molecule has 20 heavy (non-hydrogen) atoms. The first-order valence-electron chi connectivity index (χ1n) is 6.96. The van der Waals surface area contributed by atoms with Crippen molar-refractivity contribution < 1.29 is 18.3 Å². The van der Waals surface area contributed by atoms with Gasteiger partial charge < -0.3 is 10.5 Å². The summed E-state index contributed by atoms with van der Waals surface area (Å²) < 4.78 is 31.3. The van der Waals surface area contributed by atoms with Gasteiger partial charge in [0.15, 0.2) is 11.6 Å². The minimum Gasteiger partial charge on any atom is -0.462 e. The highest BCUT2D eigenvalue weighted by molar-refractivity contribution is 5.95. The number of fused-ring (bicyclic) bond motifs is 2. The van der Waals surface area contributed by atoms with Crippen LogP contribution < -0.4 is 5.73 Å². The number of carbonyl (C=O) groups is 1. The van der Waals surface area contributed by atoms with Crippen molar-refractivity contribution in [3.05, 3.63) is 29.3 Å². The summed E-state index contributed by atoms with van der Waals surface area (Å²) in [6, 6.07) is 1.61. The van der Waals surface area contributed by atoms with E-state index in [2.05, 4.69) is 0 Å². The largest absolute Gasteiger partial charge is 0.462 e. The summed E-state index contributed by atoms with van der Waals surface area (Å²) in [5.74, 6) is -1.00. The Kier molecular flexibility index (Phi) is 3.36. The van der Waals surface area contributed by atoms with Crippen molar-refractivity contribution >= 4 is 11.7 Å². The second-order valence-electron chi connectivity index (χ2n) is 5.89. The van der Waals surface area contributed by atoms with Gasteiger partial charge in [0.05, 0.1) is 12.2 Å². The van der Waals surface area contributed by atoms with Crippen molar-refractivity contribution in [3.8, 4) is 0 Å². The number of carbonyl (C=O) groups excluding carboxylic acids is 1. The fraction of sp³-hybridized carbons (Fsp3) is 0.533. The normalized spacial score (nSPS) is 27.8. The van der Waals surface area contributed by atoms with Gasteiger partial charge in [-0.3, -0.25) is 0 Å². The van der Waals surface area contributed by atoms with Crippen molar-refractivity contribution in [2.45, 2.75) is 25.7 Å². The van der Waals surface area contributed by atoms with E-state index < -0.39 is 17.6 Å². The molecule has 2 bridgehead atoms. The first-order chi connectivity index (χ1) is 9.54. The van der Waals surface area contributed by atoms with E-state index in [1.807, 2.05) is 0 Å². The van der Waals surface area contributed by atoms with Gasteiger partial charge in [0.25, 0.3) is 0 Å². The lowest BCUT2D eigenvalue weighted by Crippen LogP contribution is -2.20. The second-order valence-corrected chi connectivity index (χ2v) is 5.89. The molecule has 0 heterocycles. The van der Waals surface area contributed by atoms with Gasteiger partial charge in [-0.1, -0.05) is 6.42 Å². The first kappa shape index (κ1) is 13.3. The van der Waals surface area contributed by atoms with Crippen molar-refractivity contribution in [1.82, 2.24) is 0 Å². The van der Waals surface area contributed by atoms with E-state index in [0.29, 0.717) is 18.4 Å². The highest BCUT2D eigenvalue weighted by atomic mass is 19.2. The topological polar surface area (TPSA) is 52.3 Å². The third-order valence-electron chi connectivity index (χ3n) is 4.63. The van der Waals surface area contributed by atoms with Gasteiger partial charge >= 0.3 is 5.97 Å². The second kappa shape index (κ2) is 5.04. The number of esters is 1. The maximum atomic E-state index is 13.1. The summed E-state index contributed by atoms with van der Waals surface area (Å²) in [5, 5.41) is 0. The highest BCUT2D eigenvalue weighted by Gasteiger charge is 2.39. The standard InChI is InChI=1S/C15H17F2NO2/c16-12-5-11(14(18)6-13(12)17)15(19)20-7-10-4-8-1-2-9(10)3-8/h5-6,8-10H,1-4,7,18H2. The molecule has 0 aromatic heterocycles. The lowest BCUT2D eigenvalue weighted by molar-refractivity contribution is 0.0395. The number of ether oxygens (including phenoxy) is 1. The smallest absolute Gasteiger partial charge is 0.340 e. The maximum Gasteiger partial charge on any atom is 0.340 e. The molecular formula is C15H17F2NO2. The highest BCUT2D eigenvalue weighted by Crippen LogP contribution is 2.48. The molecule has 2 N–H and O–H groups in total. The molecule has 0 spiro atoms. The van der Waals surface area contributed by atoms with Crippen LogP contribution in [-0.2, 0) is 4.74 Å². The quantitative estimate of drug-likeness (QED) is 0.684. The fourth-order valence-electron chi connectivity index (χ4n) is 3.58. The minimum atomic E-state index is -1.09. The lowest BCUT2D eigenvalue weighted by atomic mass is 9.89. The molecule has 0 aliphatic heterocycles. The van der Waals surface area contributed by atoms with Gasteiger partial charge in [0.1, 0.15) is 0 Å². The molecule has 5 heteroatoms. The molecule has 1 aromatic carbocycles. The minimum absolute atomic E-state index is 0.0955. The molecule has 2 fully saturated rings. The summed E-state index contributed by atoms with van der Waals surface area (Å²) in [7, 11) is 0. The number of nitrogens with two attached hydrogens (primary N) is 1. The van der Waals surface area contributed by atoms with Crippen LogP contribution in [0.3, 0.4) is 0 Å². The van der Waals surface area contributed by atoms with Gasteiger partial charge in [-0.2, -0.15) is 0 Å². The Bertz CT molecular complexity index is 547. The van der Waals surface area contributed by atoms with E-state index in [4.69, 9.17) is 10.5 Å². The predicted molar refractivity (Wildman–Crippen MR) is 70.0 cm³/mol. The van der Waals surface area contributed by atoms with Crippen molar-refractivity contribution in [2.75, 3.05) is 12.3 Å². The van der Waals surface area contributed by atoms with Crippen molar-refractivity contribution in [1.29, 1.82) is 0 Å². The molecular weight excluding hydrogens is 264 g/mol. The number of hydrogen-bond acceptors (Lipinski definition) is 3. The van der Waals surface area contributed by atoms with E-state index in [0.717, 1.165) is 24.5 Å². The Morgan fingerprint density at radius 3 is 2.65 bits per heavy atom. The molecule has 2 aliphatic rings. The molecule has 0 saturated heterocycles. The van der Waals surface area contributed by atoms with Crippen LogP contribution in [0.1, 0.15) is 36.0 Å². The number of hydrogen-bond donors (Lipinski definition) is 1. The third kappa shape index (κ3) is 2.37. The van der Waals surface area contributed by atoms with Gasteiger partial charge in [-0.25, -0.2) is 13.6 Å². The Labute approximate surface area is 116 Å².